The van der Waals surface area contributed by atoms with Crippen molar-refractivity contribution in [2.45, 2.75) is 13.3 Å². The molecule has 0 fully saturated rings. The summed E-state index contributed by atoms with van der Waals surface area (Å²) in [5.74, 6) is 4.44. The highest BCUT2D eigenvalue weighted by atomic mass is 16.2. The molecule has 5 nitrogen and oxygen atoms in total. The van der Waals surface area contributed by atoms with Gasteiger partial charge in [-0.15, -0.1) is 0 Å². The largest absolute Gasteiger partial charge is 0.384 e. The van der Waals surface area contributed by atoms with Gasteiger partial charge in [0.1, 0.15) is 6.61 Å². The lowest BCUT2D eigenvalue weighted by Gasteiger charge is -2.07. The van der Waals surface area contributed by atoms with Gasteiger partial charge >= 0.3 is 0 Å². The zero-order valence-electron chi connectivity index (χ0n) is 10.7. The van der Waals surface area contributed by atoms with Gasteiger partial charge in [0.25, 0.3) is 5.91 Å². The second kappa shape index (κ2) is 7.19. The van der Waals surface area contributed by atoms with Crippen molar-refractivity contribution in [2.75, 3.05) is 13.2 Å². The number of aryl methyl sites for hydroxylation is 1. The molecular formula is C14H16N2O3. The molecule has 2 amide bonds. The molecule has 4 N–H and O–H groups in total. The Morgan fingerprint density at radius 3 is 2.79 bits per heavy atom. The number of nitrogens with one attached hydrogen (secondary N) is 1. The fraction of sp³-hybridized carbons (Fsp3) is 0.286. The number of amides is 2. The molecule has 0 heterocycles. The molecule has 0 atom stereocenters. The van der Waals surface area contributed by atoms with Crippen LogP contribution in [0.15, 0.2) is 18.2 Å². The first kappa shape index (κ1) is 14.7. The van der Waals surface area contributed by atoms with Crippen LogP contribution in [0.25, 0.3) is 0 Å². The molecule has 0 saturated heterocycles. The SMILES string of the molecule is Cc1ccc(C#CCO)c(C(=O)NCCC(N)=O)c1. The molecule has 1 aromatic rings. The van der Waals surface area contributed by atoms with E-state index in [4.69, 9.17) is 10.8 Å². The van der Waals surface area contributed by atoms with Crippen molar-refractivity contribution in [2.24, 2.45) is 5.73 Å². The van der Waals surface area contributed by atoms with Crippen LogP contribution in [0.1, 0.15) is 27.9 Å². The lowest BCUT2D eigenvalue weighted by molar-refractivity contribution is -0.117. The summed E-state index contributed by atoms with van der Waals surface area (Å²) in [6.45, 7) is 1.79. The zero-order valence-corrected chi connectivity index (χ0v) is 10.7. The van der Waals surface area contributed by atoms with Gasteiger partial charge in [0.2, 0.25) is 5.91 Å². The van der Waals surface area contributed by atoms with Crippen molar-refractivity contribution in [1.82, 2.24) is 5.32 Å². The Labute approximate surface area is 111 Å². The fourth-order valence-corrected chi connectivity index (χ4v) is 1.48. The van der Waals surface area contributed by atoms with Gasteiger partial charge in [-0.1, -0.05) is 23.5 Å². The van der Waals surface area contributed by atoms with Crippen molar-refractivity contribution in [1.29, 1.82) is 0 Å². The van der Waals surface area contributed by atoms with Gasteiger partial charge in [-0.3, -0.25) is 9.59 Å². The third kappa shape index (κ3) is 4.82. The molecule has 1 rings (SSSR count). The number of primary amides is 1. The maximum Gasteiger partial charge on any atom is 0.252 e. The Morgan fingerprint density at radius 1 is 1.42 bits per heavy atom. The molecule has 19 heavy (non-hydrogen) atoms. The minimum absolute atomic E-state index is 0.0925. The number of aliphatic hydroxyl groups is 1. The van der Waals surface area contributed by atoms with Crippen LogP contribution in [0.2, 0.25) is 0 Å². The van der Waals surface area contributed by atoms with E-state index in [1.54, 1.807) is 12.1 Å². The third-order valence-electron chi connectivity index (χ3n) is 2.38. The van der Waals surface area contributed by atoms with Gasteiger partial charge in [0.05, 0.1) is 5.56 Å². The first-order valence-electron chi connectivity index (χ1n) is 5.81. The molecule has 100 valence electrons. The van der Waals surface area contributed by atoms with E-state index in [-0.39, 0.29) is 25.5 Å². The number of aliphatic hydroxyl groups excluding tert-OH is 1. The van der Waals surface area contributed by atoms with E-state index in [2.05, 4.69) is 17.2 Å². The Morgan fingerprint density at radius 2 is 2.16 bits per heavy atom. The van der Waals surface area contributed by atoms with Crippen LogP contribution in [0.5, 0.6) is 0 Å². The molecule has 0 aromatic heterocycles. The average molecular weight is 260 g/mol. The van der Waals surface area contributed by atoms with Crippen LogP contribution in [0.4, 0.5) is 0 Å². The maximum absolute atomic E-state index is 12.0. The summed E-state index contributed by atoms with van der Waals surface area (Å²) in [6.07, 6.45) is 0.0925. The van der Waals surface area contributed by atoms with Crippen LogP contribution in [-0.2, 0) is 4.79 Å². The lowest BCUT2D eigenvalue weighted by atomic mass is 10.0. The summed E-state index contributed by atoms with van der Waals surface area (Å²) < 4.78 is 0. The molecule has 0 aliphatic carbocycles. The summed E-state index contributed by atoms with van der Waals surface area (Å²) in [5, 5.41) is 11.3. The summed E-state index contributed by atoms with van der Waals surface area (Å²) in [5.41, 5.74) is 6.88. The second-order valence-corrected chi connectivity index (χ2v) is 3.98. The monoisotopic (exact) mass is 260 g/mol. The predicted octanol–water partition coefficient (Wildman–Crippen LogP) is -0.0560. The number of rotatable bonds is 4. The summed E-state index contributed by atoms with van der Waals surface area (Å²) in [4.78, 5) is 22.6. The smallest absolute Gasteiger partial charge is 0.252 e. The summed E-state index contributed by atoms with van der Waals surface area (Å²) >= 11 is 0. The Bertz CT molecular complexity index is 541. The van der Waals surface area contributed by atoms with Crippen LogP contribution < -0.4 is 11.1 Å². The molecule has 0 spiro atoms. The topological polar surface area (TPSA) is 92.4 Å². The quantitative estimate of drug-likeness (QED) is 0.662. The van der Waals surface area contributed by atoms with Gasteiger partial charge in [-0.25, -0.2) is 0 Å². The predicted molar refractivity (Wildman–Crippen MR) is 71.3 cm³/mol. The van der Waals surface area contributed by atoms with E-state index >= 15 is 0 Å². The van der Waals surface area contributed by atoms with E-state index in [1.807, 2.05) is 13.0 Å². The molecule has 0 aliphatic rings. The molecule has 0 saturated carbocycles. The van der Waals surface area contributed by atoms with Crippen LogP contribution >= 0.6 is 0 Å². The van der Waals surface area contributed by atoms with Crippen molar-refractivity contribution < 1.29 is 14.7 Å². The van der Waals surface area contributed by atoms with Gasteiger partial charge in [-0.05, 0) is 19.1 Å². The third-order valence-corrected chi connectivity index (χ3v) is 2.38. The average Bonchev–Trinajstić information content (AvgIpc) is 2.36. The number of carbonyl (C=O) groups excluding carboxylic acids is 2. The Hall–Kier alpha value is -2.32. The number of hydrogen-bond donors (Lipinski definition) is 3. The number of nitrogens with two attached hydrogens (primary N) is 1. The highest BCUT2D eigenvalue weighted by molar-refractivity contribution is 5.97. The minimum Gasteiger partial charge on any atom is -0.384 e. The van der Waals surface area contributed by atoms with Crippen molar-refractivity contribution in [3.63, 3.8) is 0 Å². The minimum atomic E-state index is -0.468. The van der Waals surface area contributed by atoms with E-state index in [9.17, 15) is 9.59 Å². The van der Waals surface area contributed by atoms with E-state index in [0.29, 0.717) is 11.1 Å². The van der Waals surface area contributed by atoms with E-state index < -0.39 is 5.91 Å². The van der Waals surface area contributed by atoms with Crippen LogP contribution in [0.3, 0.4) is 0 Å². The molecule has 1 aromatic carbocycles. The Balaban J connectivity index is 2.87. The maximum atomic E-state index is 12.0. The molecule has 5 heteroatoms. The van der Waals surface area contributed by atoms with Gasteiger partial charge in [-0.2, -0.15) is 0 Å². The molecular weight excluding hydrogens is 244 g/mol. The van der Waals surface area contributed by atoms with Gasteiger partial charge < -0.3 is 16.2 Å². The van der Waals surface area contributed by atoms with E-state index in [1.165, 1.54) is 0 Å². The first-order valence-corrected chi connectivity index (χ1v) is 5.81. The van der Waals surface area contributed by atoms with E-state index in [0.717, 1.165) is 5.56 Å². The number of hydrogen-bond acceptors (Lipinski definition) is 3. The van der Waals surface area contributed by atoms with Gasteiger partial charge in [0, 0.05) is 18.5 Å². The highest BCUT2D eigenvalue weighted by Crippen LogP contribution is 2.10. The van der Waals surface area contributed by atoms with Crippen molar-refractivity contribution in [3.05, 3.63) is 34.9 Å². The zero-order chi connectivity index (χ0) is 14.3. The Kier molecular flexibility index (Phi) is 5.58. The summed E-state index contributed by atoms with van der Waals surface area (Å²) in [7, 11) is 0. The number of carbonyl (C=O) groups is 2. The van der Waals surface area contributed by atoms with Crippen LogP contribution in [-0.4, -0.2) is 30.1 Å². The standard InChI is InChI=1S/C14H16N2O3/c1-10-4-5-11(3-2-8-17)12(9-10)14(19)16-7-6-13(15)18/h4-5,9,17H,6-8H2,1H3,(H2,15,18)(H,16,19). The van der Waals surface area contributed by atoms with Gasteiger partial charge in [0.15, 0.2) is 0 Å². The fourth-order valence-electron chi connectivity index (χ4n) is 1.48. The number of benzene rings is 1. The highest BCUT2D eigenvalue weighted by Gasteiger charge is 2.10. The second-order valence-electron chi connectivity index (χ2n) is 3.98. The molecule has 0 bridgehead atoms. The lowest BCUT2D eigenvalue weighted by Crippen LogP contribution is -2.28. The first-order chi connectivity index (χ1) is 9.04. The normalized spacial score (nSPS) is 9.37. The molecule has 0 unspecified atom stereocenters. The van der Waals surface area contributed by atoms with Crippen molar-refractivity contribution >= 4 is 11.8 Å². The van der Waals surface area contributed by atoms with Crippen LogP contribution in [0, 0.1) is 18.8 Å². The molecule has 0 aliphatic heterocycles. The molecule has 0 radical (unpaired) electrons. The summed E-state index contributed by atoms with van der Waals surface area (Å²) in [6, 6.07) is 5.27. The van der Waals surface area contributed by atoms with Crippen molar-refractivity contribution in [3.8, 4) is 11.8 Å².